The second kappa shape index (κ2) is 1.74. The van der Waals surface area contributed by atoms with Gasteiger partial charge in [0.15, 0.2) is 5.78 Å². The van der Waals surface area contributed by atoms with Gasteiger partial charge in [0.05, 0.1) is 5.75 Å². The lowest BCUT2D eigenvalue weighted by molar-refractivity contribution is -0.126. The van der Waals surface area contributed by atoms with E-state index in [1.807, 2.05) is 0 Å². The summed E-state index contributed by atoms with van der Waals surface area (Å²) in [4.78, 5) is 10.8. The Hall–Kier alpha value is -0.0200. The van der Waals surface area contributed by atoms with E-state index in [0.29, 0.717) is 5.75 Å². The lowest BCUT2D eigenvalue weighted by atomic mass is 10.1. The van der Waals surface area contributed by atoms with Gasteiger partial charge >= 0.3 is 0 Å². The quantitative estimate of drug-likeness (QED) is 0.460. The van der Waals surface area contributed by atoms with Crippen molar-refractivity contribution in [1.82, 2.24) is 0 Å². The second-order valence-corrected chi connectivity index (χ2v) is 2.97. The van der Waals surface area contributed by atoms with Gasteiger partial charge in [-0.2, -0.15) is 0 Å². The molecule has 1 fully saturated rings. The molecule has 2 nitrogen and oxygen atoms in total. The van der Waals surface area contributed by atoms with E-state index < -0.39 is 5.60 Å². The largest absolute Gasteiger partial charge is 0.301 e. The first kappa shape index (κ1) is 6.11. The molecular formula is C5H8O2S. The van der Waals surface area contributed by atoms with Crippen LogP contribution in [0.25, 0.3) is 0 Å². The first-order valence-corrected chi connectivity index (χ1v) is 3.38. The maximum atomic E-state index is 10.8. The van der Waals surface area contributed by atoms with E-state index in [1.54, 1.807) is 13.8 Å². The smallest absolute Gasteiger partial charge is 0.177 e. The van der Waals surface area contributed by atoms with Crippen LogP contribution in [0.4, 0.5) is 0 Å². The van der Waals surface area contributed by atoms with E-state index in [9.17, 15) is 4.79 Å². The highest BCUT2D eigenvalue weighted by Crippen LogP contribution is 2.27. The van der Waals surface area contributed by atoms with Crippen molar-refractivity contribution in [3.8, 4) is 0 Å². The number of carbonyl (C=O) groups is 1. The van der Waals surface area contributed by atoms with Gasteiger partial charge < -0.3 is 4.18 Å². The summed E-state index contributed by atoms with van der Waals surface area (Å²) in [5.74, 6) is 0.690. The number of ketones is 1. The van der Waals surface area contributed by atoms with Crippen molar-refractivity contribution in [3.63, 3.8) is 0 Å². The Labute approximate surface area is 52.8 Å². The topological polar surface area (TPSA) is 26.3 Å². The molecule has 3 heteroatoms. The van der Waals surface area contributed by atoms with Crippen LogP contribution in [-0.4, -0.2) is 17.1 Å². The molecule has 0 aromatic carbocycles. The van der Waals surface area contributed by atoms with E-state index in [2.05, 4.69) is 0 Å². The van der Waals surface area contributed by atoms with Crippen LogP contribution in [0.3, 0.4) is 0 Å². The van der Waals surface area contributed by atoms with Crippen LogP contribution < -0.4 is 0 Å². The monoisotopic (exact) mass is 132 g/mol. The van der Waals surface area contributed by atoms with Gasteiger partial charge in [0, 0.05) is 12.0 Å². The van der Waals surface area contributed by atoms with Gasteiger partial charge in [-0.3, -0.25) is 4.79 Å². The minimum atomic E-state index is -0.523. The van der Waals surface area contributed by atoms with Crippen molar-refractivity contribution < 1.29 is 8.98 Å². The van der Waals surface area contributed by atoms with Gasteiger partial charge in [-0.25, -0.2) is 0 Å². The molecular weight excluding hydrogens is 124 g/mol. The average Bonchev–Trinajstić information content (AvgIpc) is 1.86. The fraction of sp³-hybridized carbons (Fsp3) is 0.800. The zero-order valence-electron chi connectivity index (χ0n) is 4.93. The molecule has 1 aliphatic heterocycles. The van der Waals surface area contributed by atoms with Crippen LogP contribution in [0, 0.1) is 0 Å². The molecule has 1 aliphatic rings. The van der Waals surface area contributed by atoms with E-state index >= 15 is 0 Å². The molecule has 0 aromatic heterocycles. The predicted octanol–water partition coefficient (Wildman–Crippen LogP) is 1.01. The Morgan fingerprint density at radius 3 is 2.50 bits per heavy atom. The van der Waals surface area contributed by atoms with Crippen molar-refractivity contribution in [2.45, 2.75) is 19.4 Å². The number of hydrogen-bond acceptors (Lipinski definition) is 3. The zero-order valence-corrected chi connectivity index (χ0v) is 5.75. The Morgan fingerprint density at radius 1 is 1.75 bits per heavy atom. The molecule has 1 heterocycles. The Morgan fingerprint density at radius 2 is 2.38 bits per heavy atom. The van der Waals surface area contributed by atoms with Crippen LogP contribution >= 0.6 is 12.0 Å². The van der Waals surface area contributed by atoms with E-state index in [0.717, 1.165) is 0 Å². The van der Waals surface area contributed by atoms with Gasteiger partial charge in [-0.05, 0) is 13.8 Å². The Balaban J connectivity index is 2.68. The molecule has 0 aromatic rings. The number of rotatable bonds is 0. The third-order valence-electron chi connectivity index (χ3n) is 1.13. The molecule has 0 unspecified atom stereocenters. The molecule has 8 heavy (non-hydrogen) atoms. The highest BCUT2D eigenvalue weighted by atomic mass is 32.2. The summed E-state index contributed by atoms with van der Waals surface area (Å²) in [5, 5.41) is 0. The molecule has 1 saturated heterocycles. The maximum absolute atomic E-state index is 10.8. The molecule has 0 bridgehead atoms. The highest BCUT2D eigenvalue weighted by molar-refractivity contribution is 7.95. The molecule has 0 radical (unpaired) electrons. The van der Waals surface area contributed by atoms with Crippen LogP contribution in [-0.2, 0) is 8.98 Å². The highest BCUT2D eigenvalue weighted by Gasteiger charge is 2.34. The fourth-order valence-corrected chi connectivity index (χ4v) is 1.35. The summed E-state index contributed by atoms with van der Waals surface area (Å²) in [7, 11) is 0. The fourth-order valence-electron chi connectivity index (χ4n) is 0.451. The van der Waals surface area contributed by atoms with Gasteiger partial charge in [-0.1, -0.05) is 0 Å². The molecule has 0 saturated carbocycles. The molecule has 0 spiro atoms. The van der Waals surface area contributed by atoms with E-state index in [-0.39, 0.29) is 5.78 Å². The van der Waals surface area contributed by atoms with E-state index in [1.165, 1.54) is 12.0 Å². The summed E-state index contributed by atoms with van der Waals surface area (Å²) in [5.41, 5.74) is -0.523. The molecule has 0 aliphatic carbocycles. The van der Waals surface area contributed by atoms with E-state index in [4.69, 9.17) is 4.18 Å². The Kier molecular flexibility index (Phi) is 1.33. The summed E-state index contributed by atoms with van der Waals surface area (Å²) in [6.45, 7) is 3.57. The summed E-state index contributed by atoms with van der Waals surface area (Å²) in [6, 6.07) is 0. The predicted molar refractivity (Wildman–Crippen MR) is 32.6 cm³/mol. The molecule has 1 rings (SSSR count). The minimum absolute atomic E-state index is 0.183. The summed E-state index contributed by atoms with van der Waals surface area (Å²) in [6.07, 6.45) is 0. The first-order valence-electron chi connectivity index (χ1n) is 2.47. The molecule has 0 atom stereocenters. The molecule has 0 N–H and O–H groups in total. The third kappa shape index (κ3) is 0.880. The lowest BCUT2D eigenvalue weighted by Gasteiger charge is -2.10. The van der Waals surface area contributed by atoms with Gasteiger partial charge in [0.2, 0.25) is 0 Å². The Bertz CT molecular complexity index is 120. The molecule has 46 valence electrons. The van der Waals surface area contributed by atoms with Crippen LogP contribution in [0.2, 0.25) is 0 Å². The summed E-state index contributed by atoms with van der Waals surface area (Å²) >= 11 is 1.24. The van der Waals surface area contributed by atoms with Crippen LogP contribution in [0.5, 0.6) is 0 Å². The van der Waals surface area contributed by atoms with Crippen molar-refractivity contribution in [2.75, 3.05) is 5.75 Å². The van der Waals surface area contributed by atoms with Crippen LogP contribution in [0.15, 0.2) is 0 Å². The van der Waals surface area contributed by atoms with Crippen LogP contribution in [0.1, 0.15) is 13.8 Å². The summed E-state index contributed by atoms with van der Waals surface area (Å²) < 4.78 is 5.02. The van der Waals surface area contributed by atoms with Crippen molar-refractivity contribution in [1.29, 1.82) is 0 Å². The third-order valence-corrected chi connectivity index (χ3v) is 2.04. The minimum Gasteiger partial charge on any atom is -0.301 e. The van der Waals surface area contributed by atoms with Gasteiger partial charge in [0.1, 0.15) is 5.60 Å². The zero-order chi connectivity index (χ0) is 6.20. The maximum Gasteiger partial charge on any atom is 0.177 e. The standard InChI is InChI=1S/C5H8O2S/c1-5(2)4(6)3-8-7-5/h3H2,1-2H3. The van der Waals surface area contributed by atoms with Crippen molar-refractivity contribution in [3.05, 3.63) is 0 Å². The first-order chi connectivity index (χ1) is 3.63. The normalized spacial score (nSPS) is 26.5. The van der Waals surface area contributed by atoms with Gasteiger partial charge in [0.25, 0.3) is 0 Å². The second-order valence-electron chi connectivity index (χ2n) is 2.28. The lowest BCUT2D eigenvalue weighted by Crippen LogP contribution is -2.27. The number of carbonyl (C=O) groups excluding carboxylic acids is 1. The van der Waals surface area contributed by atoms with Gasteiger partial charge in [-0.15, -0.1) is 0 Å². The number of Topliss-reactive ketones (excluding diaryl/α,β-unsaturated/α-hetero) is 1. The SMILES string of the molecule is CC1(C)OSCC1=O. The molecule has 0 amide bonds. The average molecular weight is 132 g/mol. The van der Waals surface area contributed by atoms with Crippen molar-refractivity contribution in [2.24, 2.45) is 0 Å². The van der Waals surface area contributed by atoms with Crippen molar-refractivity contribution >= 4 is 17.8 Å². The number of hydrogen-bond donors (Lipinski definition) is 0.